The molecule has 1 heterocycles. The maximum atomic E-state index is 10.8. The van der Waals surface area contributed by atoms with Gasteiger partial charge in [-0.25, -0.2) is 3.89 Å². The first-order valence-corrected chi connectivity index (χ1v) is 8.01. The smallest absolute Gasteiger partial charge is 0.111 e. The zero-order valence-electron chi connectivity index (χ0n) is 11.6. The molecule has 2 N–H and O–H groups in total. The molecular formula is C14H24NO2S+. The second-order valence-corrected chi connectivity index (χ2v) is 7.96. The number of aryl methyl sites for hydroxylation is 1. The number of quaternary nitrogens is 1. The van der Waals surface area contributed by atoms with Crippen molar-refractivity contribution in [3.05, 3.63) is 29.8 Å². The van der Waals surface area contributed by atoms with Crippen molar-refractivity contribution < 1.29 is 13.0 Å². The Kier molecular flexibility index (Phi) is 3.49. The van der Waals surface area contributed by atoms with Gasteiger partial charge in [-0.2, -0.15) is 0 Å². The van der Waals surface area contributed by atoms with Crippen LogP contribution in [0.5, 0.6) is 0 Å². The Labute approximate surface area is 112 Å². The highest BCUT2D eigenvalue weighted by molar-refractivity contribution is 8.19. The Morgan fingerprint density at radius 2 is 1.50 bits per heavy atom. The third kappa shape index (κ3) is 1.88. The average molecular weight is 270 g/mol. The molecule has 1 aliphatic heterocycles. The van der Waals surface area contributed by atoms with Crippen molar-refractivity contribution in [2.45, 2.75) is 50.6 Å². The van der Waals surface area contributed by atoms with Crippen LogP contribution in [-0.4, -0.2) is 32.1 Å². The summed E-state index contributed by atoms with van der Waals surface area (Å²) in [7, 11) is -0.832. The lowest BCUT2D eigenvalue weighted by Crippen LogP contribution is -2.52. The van der Waals surface area contributed by atoms with Gasteiger partial charge in [-0.05, 0) is 43.7 Å². The largest absolute Gasteiger partial charge is 0.254 e. The SMILES string of the molecule is Cc1ccc(S(O)(O)[N+]2(C)C(C)CCC2C)cc1. The van der Waals surface area contributed by atoms with Gasteiger partial charge >= 0.3 is 0 Å². The lowest BCUT2D eigenvalue weighted by molar-refractivity contribution is -0.824. The molecule has 1 aliphatic rings. The highest BCUT2D eigenvalue weighted by atomic mass is 32.3. The standard InChI is InChI=1S/C14H23NO2S/c1-11-5-9-14(10-6-11)18(16,17)15(4)12(2)7-8-13(15)3/h5-6,9-10,12-13H,7-8H2,1-4H3,(H-,16,17)/p+1. The van der Waals surface area contributed by atoms with Gasteiger partial charge in [0.25, 0.3) is 0 Å². The van der Waals surface area contributed by atoms with E-state index in [1.54, 1.807) is 0 Å². The van der Waals surface area contributed by atoms with Crippen molar-refractivity contribution in [2.75, 3.05) is 7.05 Å². The third-order valence-electron chi connectivity index (χ3n) is 4.64. The Hall–Kier alpha value is -0.550. The Morgan fingerprint density at radius 3 is 1.94 bits per heavy atom. The van der Waals surface area contributed by atoms with E-state index in [9.17, 15) is 9.11 Å². The Bertz CT molecular complexity index is 420. The minimum absolute atomic E-state index is 0.284. The maximum absolute atomic E-state index is 10.8. The fourth-order valence-electron chi connectivity index (χ4n) is 2.88. The number of benzene rings is 1. The van der Waals surface area contributed by atoms with Gasteiger partial charge in [0.1, 0.15) is 17.0 Å². The highest BCUT2D eigenvalue weighted by Crippen LogP contribution is 2.61. The van der Waals surface area contributed by atoms with E-state index in [-0.39, 0.29) is 12.1 Å². The summed E-state index contributed by atoms with van der Waals surface area (Å²) >= 11 is 0. The van der Waals surface area contributed by atoms with E-state index in [1.807, 2.05) is 38.2 Å². The molecule has 0 amide bonds. The molecule has 2 rings (SSSR count). The number of rotatable bonds is 2. The molecule has 4 heteroatoms. The van der Waals surface area contributed by atoms with E-state index in [0.29, 0.717) is 8.78 Å². The van der Waals surface area contributed by atoms with Crippen molar-refractivity contribution in [1.29, 1.82) is 0 Å². The first-order chi connectivity index (χ1) is 8.30. The van der Waals surface area contributed by atoms with Gasteiger partial charge in [0, 0.05) is 12.8 Å². The van der Waals surface area contributed by atoms with Gasteiger partial charge in [-0.1, -0.05) is 17.7 Å². The first-order valence-electron chi connectivity index (χ1n) is 6.51. The summed E-state index contributed by atoms with van der Waals surface area (Å²) in [6.45, 7) is 6.24. The zero-order valence-corrected chi connectivity index (χ0v) is 12.4. The van der Waals surface area contributed by atoms with E-state index >= 15 is 0 Å². The molecule has 1 aromatic carbocycles. The molecule has 2 unspecified atom stereocenters. The molecule has 1 fully saturated rings. The van der Waals surface area contributed by atoms with Gasteiger partial charge in [0.2, 0.25) is 0 Å². The van der Waals surface area contributed by atoms with Crippen LogP contribution < -0.4 is 0 Å². The topological polar surface area (TPSA) is 40.5 Å². The second-order valence-electron chi connectivity index (χ2n) is 5.67. The van der Waals surface area contributed by atoms with Crippen LogP contribution in [0, 0.1) is 6.92 Å². The summed E-state index contributed by atoms with van der Waals surface area (Å²) < 4.78 is 21.9. The summed E-state index contributed by atoms with van der Waals surface area (Å²) in [6, 6.07) is 8.16. The van der Waals surface area contributed by atoms with Crippen molar-refractivity contribution in [2.24, 2.45) is 0 Å². The predicted octanol–water partition coefficient (Wildman–Crippen LogP) is 4.04. The van der Waals surface area contributed by atoms with Gasteiger partial charge in [-0.3, -0.25) is 9.11 Å². The van der Waals surface area contributed by atoms with E-state index in [0.717, 1.165) is 18.4 Å². The predicted molar refractivity (Wildman–Crippen MR) is 76.6 cm³/mol. The van der Waals surface area contributed by atoms with Crippen LogP contribution in [0.1, 0.15) is 32.3 Å². The normalized spacial score (nSPS) is 33.7. The Balaban J connectivity index is 2.44. The molecule has 1 aromatic rings. The molecule has 0 aromatic heterocycles. The minimum atomic E-state index is -2.82. The summed E-state index contributed by atoms with van der Waals surface area (Å²) in [5, 5.41) is 0. The lowest BCUT2D eigenvalue weighted by atomic mass is 10.2. The molecular weight excluding hydrogens is 246 g/mol. The van der Waals surface area contributed by atoms with Gasteiger partial charge in [0.15, 0.2) is 0 Å². The summed E-state index contributed by atoms with van der Waals surface area (Å²) in [4.78, 5) is 0.663. The van der Waals surface area contributed by atoms with E-state index < -0.39 is 10.8 Å². The van der Waals surface area contributed by atoms with Crippen LogP contribution in [0.3, 0.4) is 0 Å². The summed E-state index contributed by atoms with van der Waals surface area (Å²) in [5.74, 6) is 0. The molecule has 0 spiro atoms. The molecule has 0 saturated carbocycles. The monoisotopic (exact) mass is 270 g/mol. The van der Waals surface area contributed by atoms with E-state index in [1.165, 1.54) is 0 Å². The number of hydrogen-bond acceptors (Lipinski definition) is 2. The molecule has 2 atom stereocenters. The maximum Gasteiger partial charge on any atom is 0.111 e. The van der Waals surface area contributed by atoms with E-state index in [2.05, 4.69) is 13.8 Å². The molecule has 18 heavy (non-hydrogen) atoms. The molecule has 102 valence electrons. The lowest BCUT2D eigenvalue weighted by Gasteiger charge is -2.52. The zero-order chi connectivity index (χ0) is 13.6. The highest BCUT2D eigenvalue weighted by Gasteiger charge is 2.51. The van der Waals surface area contributed by atoms with Crippen LogP contribution >= 0.6 is 10.8 Å². The third-order valence-corrected chi connectivity index (χ3v) is 7.36. The van der Waals surface area contributed by atoms with Gasteiger partial charge in [0.05, 0.1) is 7.05 Å². The summed E-state index contributed by atoms with van der Waals surface area (Å²) in [5.41, 5.74) is 1.14. The molecule has 0 bridgehead atoms. The fourth-order valence-corrected chi connectivity index (χ4v) is 5.05. The number of hydrogen-bond donors (Lipinski definition) is 2. The number of nitrogens with zero attached hydrogens (tertiary/aromatic N) is 1. The first kappa shape index (κ1) is 13.9. The van der Waals surface area contributed by atoms with Crippen LogP contribution in [0.2, 0.25) is 0 Å². The quantitative estimate of drug-likeness (QED) is 0.796. The molecule has 0 aliphatic carbocycles. The summed E-state index contributed by atoms with van der Waals surface area (Å²) in [6.07, 6.45) is 2.11. The fraction of sp³-hybridized carbons (Fsp3) is 0.571. The van der Waals surface area contributed by atoms with Crippen molar-refractivity contribution >= 4 is 10.8 Å². The molecule has 0 radical (unpaired) electrons. The van der Waals surface area contributed by atoms with Crippen LogP contribution in [0.4, 0.5) is 0 Å². The Morgan fingerprint density at radius 1 is 1.06 bits per heavy atom. The van der Waals surface area contributed by atoms with Crippen LogP contribution in [0.25, 0.3) is 0 Å². The van der Waals surface area contributed by atoms with Crippen LogP contribution in [-0.2, 0) is 0 Å². The molecule has 3 nitrogen and oxygen atoms in total. The minimum Gasteiger partial charge on any atom is -0.254 e. The van der Waals surface area contributed by atoms with Crippen molar-refractivity contribution in [3.8, 4) is 0 Å². The van der Waals surface area contributed by atoms with E-state index in [4.69, 9.17) is 0 Å². The van der Waals surface area contributed by atoms with Gasteiger partial charge < -0.3 is 0 Å². The van der Waals surface area contributed by atoms with Crippen LogP contribution in [0.15, 0.2) is 29.2 Å². The number of likely N-dealkylation sites (tertiary alicyclic amines) is 1. The average Bonchev–Trinajstić information content (AvgIpc) is 2.59. The van der Waals surface area contributed by atoms with Gasteiger partial charge in [-0.15, -0.1) is 0 Å². The van der Waals surface area contributed by atoms with Crippen molar-refractivity contribution in [1.82, 2.24) is 0 Å². The molecule has 1 saturated heterocycles. The van der Waals surface area contributed by atoms with Crippen molar-refractivity contribution in [3.63, 3.8) is 0 Å². The second kappa shape index (κ2) is 4.53.